The Balaban J connectivity index is 3.03. The van der Waals surface area contributed by atoms with Gasteiger partial charge in [-0.05, 0) is 39.3 Å². The van der Waals surface area contributed by atoms with Gasteiger partial charge in [-0.1, -0.05) is 24.6 Å². The lowest BCUT2D eigenvalue weighted by atomic mass is 10.2. The van der Waals surface area contributed by atoms with Crippen LogP contribution in [0.2, 0.25) is 0 Å². The van der Waals surface area contributed by atoms with E-state index in [1.807, 2.05) is 52.0 Å². The first kappa shape index (κ1) is 17.0. The van der Waals surface area contributed by atoms with Crippen LogP contribution in [0.1, 0.15) is 32.8 Å². The summed E-state index contributed by atoms with van der Waals surface area (Å²) in [5.74, 6) is -0.997. The molecule has 1 unspecified atom stereocenters. The number of carbonyl (C=O) groups excluding carboxylic acids is 1. The van der Waals surface area contributed by atoms with Gasteiger partial charge >= 0.3 is 12.0 Å². The molecule has 1 N–H and O–H groups in total. The van der Waals surface area contributed by atoms with Crippen LogP contribution in [-0.4, -0.2) is 41.1 Å². The number of benzene rings is 1. The fraction of sp³-hybridized carbons (Fsp3) is 0.500. The molecule has 1 rings (SSSR count). The molecule has 21 heavy (non-hydrogen) atoms. The Kier molecular flexibility index (Phi) is 6.21. The smallest absolute Gasteiger partial charge is 0.325 e. The Morgan fingerprint density at radius 1 is 1.19 bits per heavy atom. The van der Waals surface area contributed by atoms with Crippen LogP contribution < -0.4 is 4.90 Å². The molecule has 116 valence electrons. The highest BCUT2D eigenvalue weighted by atomic mass is 16.4. The van der Waals surface area contributed by atoms with E-state index >= 15 is 0 Å². The summed E-state index contributed by atoms with van der Waals surface area (Å²) in [7, 11) is 0. The van der Waals surface area contributed by atoms with Crippen LogP contribution in [0.25, 0.3) is 0 Å². The monoisotopic (exact) mass is 292 g/mol. The van der Waals surface area contributed by atoms with Gasteiger partial charge in [-0.2, -0.15) is 0 Å². The van der Waals surface area contributed by atoms with Crippen LogP contribution in [0.4, 0.5) is 10.5 Å². The van der Waals surface area contributed by atoms with E-state index < -0.39 is 5.97 Å². The van der Waals surface area contributed by atoms with Gasteiger partial charge in [-0.25, -0.2) is 4.79 Å². The van der Waals surface area contributed by atoms with E-state index in [-0.39, 0.29) is 18.6 Å². The van der Waals surface area contributed by atoms with Gasteiger partial charge in [-0.3, -0.25) is 9.69 Å². The number of carboxylic acid groups (broad SMARTS) is 1. The van der Waals surface area contributed by atoms with Crippen LogP contribution in [-0.2, 0) is 4.79 Å². The van der Waals surface area contributed by atoms with E-state index in [1.54, 1.807) is 4.90 Å². The van der Waals surface area contributed by atoms with Crippen molar-refractivity contribution in [2.75, 3.05) is 18.0 Å². The minimum atomic E-state index is -0.997. The third-order valence-corrected chi connectivity index (χ3v) is 3.57. The first-order valence-electron chi connectivity index (χ1n) is 7.27. The zero-order valence-electron chi connectivity index (χ0n) is 13.2. The maximum absolute atomic E-state index is 12.7. The average molecular weight is 292 g/mol. The van der Waals surface area contributed by atoms with Crippen molar-refractivity contribution in [3.8, 4) is 0 Å². The normalized spacial score (nSPS) is 11.8. The quantitative estimate of drug-likeness (QED) is 0.876. The molecule has 0 saturated heterocycles. The summed E-state index contributed by atoms with van der Waals surface area (Å²) in [6.07, 6.45) is 0.713. The van der Waals surface area contributed by atoms with E-state index in [0.717, 1.165) is 11.3 Å². The molecular formula is C16H24N2O3. The molecule has 0 spiro atoms. The minimum Gasteiger partial charge on any atom is -0.480 e. The number of aliphatic carboxylic acids is 1. The fourth-order valence-corrected chi connectivity index (χ4v) is 2.09. The summed E-state index contributed by atoms with van der Waals surface area (Å²) in [5, 5.41) is 9.03. The molecule has 0 fully saturated rings. The van der Waals surface area contributed by atoms with Crippen LogP contribution in [0.15, 0.2) is 24.3 Å². The first-order chi connectivity index (χ1) is 9.90. The van der Waals surface area contributed by atoms with E-state index in [0.29, 0.717) is 13.0 Å². The molecule has 0 aliphatic carbocycles. The SMILES string of the molecule is CCC(C)N(CC(=O)O)C(=O)N(CC)c1ccc(C)cc1. The third-order valence-electron chi connectivity index (χ3n) is 3.57. The topological polar surface area (TPSA) is 60.9 Å². The molecule has 0 bridgehead atoms. The maximum Gasteiger partial charge on any atom is 0.325 e. The maximum atomic E-state index is 12.7. The lowest BCUT2D eigenvalue weighted by Crippen LogP contribution is -2.49. The van der Waals surface area contributed by atoms with Crippen molar-refractivity contribution >= 4 is 17.7 Å². The molecule has 0 aliphatic rings. The van der Waals surface area contributed by atoms with E-state index in [1.165, 1.54) is 4.90 Å². The van der Waals surface area contributed by atoms with E-state index in [4.69, 9.17) is 5.11 Å². The van der Waals surface area contributed by atoms with Gasteiger partial charge in [0.15, 0.2) is 0 Å². The number of amides is 2. The predicted molar refractivity (Wildman–Crippen MR) is 83.7 cm³/mol. The molecule has 0 aromatic heterocycles. The predicted octanol–water partition coefficient (Wildman–Crippen LogP) is 3.13. The summed E-state index contributed by atoms with van der Waals surface area (Å²) in [5.41, 5.74) is 1.90. The van der Waals surface area contributed by atoms with Crippen molar-refractivity contribution in [3.05, 3.63) is 29.8 Å². The summed E-state index contributed by atoms with van der Waals surface area (Å²) in [6, 6.07) is 7.26. The van der Waals surface area contributed by atoms with Crippen LogP contribution >= 0.6 is 0 Å². The minimum absolute atomic E-state index is 0.118. The Labute approximate surface area is 126 Å². The van der Waals surface area contributed by atoms with Gasteiger partial charge in [0.25, 0.3) is 0 Å². The number of rotatable bonds is 6. The van der Waals surface area contributed by atoms with Gasteiger partial charge in [0, 0.05) is 18.3 Å². The molecule has 0 radical (unpaired) electrons. The van der Waals surface area contributed by atoms with Crippen molar-refractivity contribution in [2.45, 2.75) is 40.2 Å². The highest BCUT2D eigenvalue weighted by Crippen LogP contribution is 2.18. The van der Waals surface area contributed by atoms with Crippen LogP contribution in [0.5, 0.6) is 0 Å². The van der Waals surface area contributed by atoms with E-state index in [2.05, 4.69) is 0 Å². The largest absolute Gasteiger partial charge is 0.480 e. The Morgan fingerprint density at radius 3 is 2.19 bits per heavy atom. The molecule has 1 atom stereocenters. The van der Waals surface area contributed by atoms with Crippen LogP contribution in [0.3, 0.4) is 0 Å². The summed E-state index contributed by atoms with van der Waals surface area (Å²) in [6.45, 7) is 7.88. The highest BCUT2D eigenvalue weighted by molar-refractivity contribution is 5.93. The number of carboxylic acids is 1. The van der Waals surface area contributed by atoms with Crippen molar-refractivity contribution in [1.29, 1.82) is 0 Å². The summed E-state index contributed by atoms with van der Waals surface area (Å²) >= 11 is 0. The van der Waals surface area contributed by atoms with Gasteiger partial charge < -0.3 is 10.0 Å². The molecule has 1 aromatic rings. The van der Waals surface area contributed by atoms with Gasteiger partial charge in [0.05, 0.1) is 0 Å². The van der Waals surface area contributed by atoms with Crippen LogP contribution in [0, 0.1) is 6.92 Å². The molecule has 0 saturated carbocycles. The number of anilines is 1. The number of nitrogens with zero attached hydrogens (tertiary/aromatic N) is 2. The zero-order valence-corrected chi connectivity index (χ0v) is 13.2. The number of hydrogen-bond acceptors (Lipinski definition) is 2. The number of carbonyl (C=O) groups is 2. The molecule has 0 heterocycles. The zero-order chi connectivity index (χ0) is 16.0. The Hall–Kier alpha value is -2.04. The Morgan fingerprint density at radius 2 is 1.76 bits per heavy atom. The highest BCUT2D eigenvalue weighted by Gasteiger charge is 2.26. The molecule has 0 aliphatic heterocycles. The first-order valence-corrected chi connectivity index (χ1v) is 7.27. The molecule has 1 aromatic carbocycles. The second-order valence-corrected chi connectivity index (χ2v) is 5.14. The molecule has 5 heteroatoms. The lowest BCUT2D eigenvalue weighted by molar-refractivity contribution is -0.138. The number of aryl methyl sites for hydroxylation is 1. The standard InChI is InChI=1S/C16H24N2O3/c1-5-13(4)18(11-15(19)20)16(21)17(6-2)14-9-7-12(3)8-10-14/h7-10,13H,5-6,11H2,1-4H3,(H,19,20). The van der Waals surface area contributed by atoms with Crippen molar-refractivity contribution in [2.24, 2.45) is 0 Å². The van der Waals surface area contributed by atoms with Crippen molar-refractivity contribution in [3.63, 3.8) is 0 Å². The van der Waals surface area contributed by atoms with Gasteiger partial charge in [0.2, 0.25) is 0 Å². The fourth-order valence-electron chi connectivity index (χ4n) is 2.09. The van der Waals surface area contributed by atoms with Gasteiger partial charge in [-0.15, -0.1) is 0 Å². The second kappa shape index (κ2) is 7.67. The third kappa shape index (κ3) is 4.48. The molecule has 2 amide bonds. The molecule has 5 nitrogen and oxygen atoms in total. The second-order valence-electron chi connectivity index (χ2n) is 5.14. The number of hydrogen-bond donors (Lipinski definition) is 1. The number of urea groups is 1. The van der Waals surface area contributed by atoms with Crippen molar-refractivity contribution < 1.29 is 14.7 Å². The summed E-state index contributed by atoms with van der Waals surface area (Å²) < 4.78 is 0. The molecular weight excluding hydrogens is 268 g/mol. The Bertz CT molecular complexity index is 485. The lowest BCUT2D eigenvalue weighted by Gasteiger charge is -2.32. The summed E-state index contributed by atoms with van der Waals surface area (Å²) in [4.78, 5) is 26.7. The van der Waals surface area contributed by atoms with Gasteiger partial charge in [0.1, 0.15) is 6.54 Å². The van der Waals surface area contributed by atoms with Crippen molar-refractivity contribution in [1.82, 2.24) is 4.90 Å². The van der Waals surface area contributed by atoms with E-state index in [9.17, 15) is 9.59 Å². The average Bonchev–Trinajstić information content (AvgIpc) is 2.46.